The first-order valence-corrected chi connectivity index (χ1v) is 3.10. The Morgan fingerprint density at radius 2 is 2.38 bits per heavy atom. The molecule has 0 spiro atoms. The van der Waals surface area contributed by atoms with E-state index in [1.807, 2.05) is 6.92 Å². The molecule has 0 amide bonds. The molecule has 48 valence electrons. The summed E-state index contributed by atoms with van der Waals surface area (Å²) in [5.74, 6) is 0. The maximum Gasteiger partial charge on any atom is 0.0805 e. The molecule has 0 saturated carbocycles. The Bertz CT molecular complexity index is 62.9. The maximum atomic E-state index is 9.05. The van der Waals surface area contributed by atoms with Gasteiger partial charge in [0.1, 0.15) is 0 Å². The first-order chi connectivity index (χ1) is 3.80. The van der Waals surface area contributed by atoms with E-state index in [1.54, 1.807) is 0 Å². The van der Waals surface area contributed by atoms with Crippen LogP contribution in [0.4, 0.5) is 0 Å². The normalized spacial score (nSPS) is 39.8. The molecule has 2 atom stereocenters. The van der Waals surface area contributed by atoms with Gasteiger partial charge in [0.2, 0.25) is 0 Å². The van der Waals surface area contributed by atoms with Crippen LogP contribution in [-0.2, 0) is 4.74 Å². The number of aliphatic hydroxyl groups is 1. The van der Waals surface area contributed by atoms with Crippen LogP contribution >= 0.6 is 0 Å². The van der Waals surface area contributed by atoms with Gasteiger partial charge in [-0.05, 0) is 19.8 Å². The topological polar surface area (TPSA) is 29.5 Å². The van der Waals surface area contributed by atoms with E-state index in [9.17, 15) is 0 Å². The minimum atomic E-state index is -0.219. The molecule has 1 fully saturated rings. The largest absolute Gasteiger partial charge is 0.390 e. The van der Waals surface area contributed by atoms with Gasteiger partial charge in [-0.2, -0.15) is 0 Å². The Morgan fingerprint density at radius 1 is 1.62 bits per heavy atom. The van der Waals surface area contributed by atoms with Gasteiger partial charge >= 0.3 is 0 Å². The molecule has 2 heteroatoms. The van der Waals surface area contributed by atoms with Crippen molar-refractivity contribution in [3.8, 4) is 0 Å². The highest BCUT2D eigenvalue weighted by Gasteiger charge is 2.18. The molecule has 0 aliphatic carbocycles. The van der Waals surface area contributed by atoms with E-state index in [4.69, 9.17) is 9.84 Å². The Balaban J connectivity index is 2.28. The van der Waals surface area contributed by atoms with Crippen molar-refractivity contribution in [1.29, 1.82) is 0 Å². The van der Waals surface area contributed by atoms with Crippen LogP contribution < -0.4 is 0 Å². The molecule has 8 heavy (non-hydrogen) atoms. The Kier molecular flexibility index (Phi) is 1.86. The zero-order valence-electron chi connectivity index (χ0n) is 5.13. The van der Waals surface area contributed by atoms with Gasteiger partial charge in [0.05, 0.1) is 12.2 Å². The summed E-state index contributed by atoms with van der Waals surface area (Å²) in [6, 6.07) is 0. The fourth-order valence-corrected chi connectivity index (χ4v) is 0.907. The third-order valence-corrected chi connectivity index (χ3v) is 1.57. The number of hydrogen-bond acceptors (Lipinski definition) is 2. The summed E-state index contributed by atoms with van der Waals surface area (Å²) in [6.07, 6.45) is 1.75. The van der Waals surface area contributed by atoms with Crippen molar-refractivity contribution in [3.05, 3.63) is 0 Å². The second kappa shape index (κ2) is 2.46. The average Bonchev–Trinajstić information content (AvgIpc) is 1.77. The average molecular weight is 116 g/mol. The molecular weight excluding hydrogens is 104 g/mol. The van der Waals surface area contributed by atoms with Gasteiger partial charge in [-0.3, -0.25) is 0 Å². The van der Waals surface area contributed by atoms with Crippen molar-refractivity contribution in [3.63, 3.8) is 0 Å². The van der Waals surface area contributed by atoms with Crippen LogP contribution in [0.2, 0.25) is 0 Å². The van der Waals surface area contributed by atoms with E-state index in [2.05, 4.69) is 0 Å². The van der Waals surface area contributed by atoms with Gasteiger partial charge in [-0.25, -0.2) is 0 Å². The fourth-order valence-electron chi connectivity index (χ4n) is 0.907. The number of ether oxygens (including phenoxy) is 1. The van der Waals surface area contributed by atoms with Crippen LogP contribution in [-0.4, -0.2) is 23.9 Å². The summed E-state index contributed by atoms with van der Waals surface area (Å²) in [5, 5.41) is 9.05. The molecule has 1 aliphatic heterocycles. The second-order valence-corrected chi connectivity index (χ2v) is 2.29. The lowest BCUT2D eigenvalue weighted by molar-refractivity contribution is -0.0634. The lowest BCUT2D eigenvalue weighted by atomic mass is 10.1. The minimum Gasteiger partial charge on any atom is -0.390 e. The predicted molar refractivity (Wildman–Crippen MR) is 30.7 cm³/mol. The van der Waals surface area contributed by atoms with Crippen LogP contribution in [0.5, 0.6) is 0 Å². The molecule has 0 bridgehead atoms. The summed E-state index contributed by atoms with van der Waals surface area (Å²) >= 11 is 0. The lowest BCUT2D eigenvalue weighted by Gasteiger charge is -2.24. The van der Waals surface area contributed by atoms with Crippen molar-refractivity contribution in [2.75, 3.05) is 6.61 Å². The summed E-state index contributed by atoms with van der Waals surface area (Å²) in [7, 11) is 0. The molecule has 0 radical (unpaired) electrons. The molecule has 0 aromatic rings. The zero-order chi connectivity index (χ0) is 5.98. The summed E-state index contributed by atoms with van der Waals surface area (Å²) in [6.45, 7) is 2.72. The first kappa shape index (κ1) is 6.05. The van der Waals surface area contributed by atoms with Crippen molar-refractivity contribution >= 4 is 0 Å². The van der Waals surface area contributed by atoms with Crippen LogP contribution in [0.25, 0.3) is 0 Å². The third kappa shape index (κ3) is 1.20. The Labute approximate surface area is 49.5 Å². The first-order valence-electron chi connectivity index (χ1n) is 3.10. The molecule has 1 aliphatic rings. The zero-order valence-corrected chi connectivity index (χ0v) is 5.13. The molecule has 0 aromatic heterocycles. The van der Waals surface area contributed by atoms with Gasteiger partial charge in [-0.15, -0.1) is 0 Å². The fraction of sp³-hybridized carbons (Fsp3) is 1.00. The van der Waals surface area contributed by atoms with Crippen molar-refractivity contribution in [1.82, 2.24) is 0 Å². The van der Waals surface area contributed by atoms with E-state index in [-0.39, 0.29) is 12.2 Å². The van der Waals surface area contributed by atoms with Crippen LogP contribution in [0.15, 0.2) is 0 Å². The van der Waals surface area contributed by atoms with Crippen molar-refractivity contribution in [2.24, 2.45) is 0 Å². The van der Waals surface area contributed by atoms with E-state index in [1.165, 1.54) is 0 Å². The summed E-state index contributed by atoms with van der Waals surface area (Å²) in [4.78, 5) is 0. The highest BCUT2D eigenvalue weighted by Crippen LogP contribution is 2.11. The smallest absolute Gasteiger partial charge is 0.0805 e. The highest BCUT2D eigenvalue weighted by molar-refractivity contribution is 4.67. The molecular formula is C6H12O2. The second-order valence-electron chi connectivity index (χ2n) is 2.29. The summed E-state index contributed by atoms with van der Waals surface area (Å²) in [5.41, 5.74) is 0. The lowest BCUT2D eigenvalue weighted by Crippen LogP contribution is -2.30. The van der Waals surface area contributed by atoms with Gasteiger partial charge in [-0.1, -0.05) is 0 Å². The van der Waals surface area contributed by atoms with Gasteiger partial charge in [0.25, 0.3) is 0 Å². The predicted octanol–water partition coefficient (Wildman–Crippen LogP) is 0.546. The number of hydrogen-bond donors (Lipinski definition) is 1. The molecule has 0 unspecified atom stereocenters. The molecule has 1 saturated heterocycles. The van der Waals surface area contributed by atoms with Crippen LogP contribution in [0.3, 0.4) is 0 Å². The highest BCUT2D eigenvalue weighted by atomic mass is 16.5. The standard InChI is InChI=1S/C6H12O2/c1-5-6(7)3-2-4-8-5/h5-7H,2-4H2,1H3/t5-,6+/m0/s1. The summed E-state index contributed by atoms with van der Waals surface area (Å²) < 4.78 is 5.14. The third-order valence-electron chi connectivity index (χ3n) is 1.57. The molecule has 1 heterocycles. The number of rotatable bonds is 0. The van der Waals surface area contributed by atoms with Gasteiger partial charge < -0.3 is 9.84 Å². The quantitative estimate of drug-likeness (QED) is 0.500. The van der Waals surface area contributed by atoms with Gasteiger partial charge in [0, 0.05) is 6.61 Å². The van der Waals surface area contributed by atoms with E-state index in [0.717, 1.165) is 19.4 Å². The van der Waals surface area contributed by atoms with Crippen LogP contribution in [0.1, 0.15) is 19.8 Å². The van der Waals surface area contributed by atoms with E-state index in [0.29, 0.717) is 0 Å². The van der Waals surface area contributed by atoms with Crippen LogP contribution in [0, 0.1) is 0 Å². The Hall–Kier alpha value is -0.0800. The minimum absolute atomic E-state index is 0.0590. The molecule has 1 N–H and O–H groups in total. The maximum absolute atomic E-state index is 9.05. The van der Waals surface area contributed by atoms with E-state index >= 15 is 0 Å². The van der Waals surface area contributed by atoms with E-state index < -0.39 is 0 Å². The molecule has 1 rings (SSSR count). The van der Waals surface area contributed by atoms with Crippen molar-refractivity contribution in [2.45, 2.75) is 32.0 Å². The Morgan fingerprint density at radius 3 is 2.75 bits per heavy atom. The molecule has 2 nitrogen and oxygen atoms in total. The number of aliphatic hydroxyl groups excluding tert-OH is 1. The molecule has 0 aromatic carbocycles. The monoisotopic (exact) mass is 116 g/mol. The van der Waals surface area contributed by atoms with Gasteiger partial charge in [0.15, 0.2) is 0 Å². The van der Waals surface area contributed by atoms with Crippen molar-refractivity contribution < 1.29 is 9.84 Å². The SMILES string of the molecule is C[C@@H]1OCCC[C@H]1O.